The van der Waals surface area contributed by atoms with E-state index in [1.165, 1.54) is 23.5 Å². The zero-order chi connectivity index (χ0) is 21.7. The van der Waals surface area contributed by atoms with Crippen LogP contribution in [-0.4, -0.2) is 25.7 Å². The van der Waals surface area contributed by atoms with Gasteiger partial charge in [-0.05, 0) is 54.4 Å². The van der Waals surface area contributed by atoms with E-state index in [1.807, 2.05) is 6.92 Å². The Labute approximate surface area is 176 Å². The van der Waals surface area contributed by atoms with Gasteiger partial charge in [0.2, 0.25) is 10.0 Å². The zero-order valence-electron chi connectivity index (χ0n) is 16.7. The van der Waals surface area contributed by atoms with E-state index in [2.05, 4.69) is 5.32 Å². The van der Waals surface area contributed by atoms with Crippen molar-refractivity contribution in [2.75, 3.05) is 7.05 Å². The summed E-state index contributed by atoms with van der Waals surface area (Å²) in [6.45, 7) is 2.01. The van der Waals surface area contributed by atoms with Crippen LogP contribution in [0.25, 0.3) is 0 Å². The number of nitrogens with zero attached hydrogens (tertiary/aromatic N) is 1. The lowest BCUT2D eigenvalue weighted by Crippen LogP contribution is -2.27. The van der Waals surface area contributed by atoms with E-state index >= 15 is 0 Å². The van der Waals surface area contributed by atoms with Crippen molar-refractivity contribution in [2.24, 2.45) is 0 Å². The zero-order valence-corrected chi connectivity index (χ0v) is 17.6. The highest BCUT2D eigenvalue weighted by Gasteiger charge is 2.20. The second-order valence-electron chi connectivity index (χ2n) is 7.02. The van der Waals surface area contributed by atoms with Crippen LogP contribution in [0.1, 0.15) is 34.5 Å². The standard InChI is InChI=1S/C23H23FN2O3S/c1-17(19-12-14-21(24)15-13-19)25-23(27)20-10-8-18(9-11-20)16-26(2)30(28,29)22-6-4-3-5-7-22/h3-15,17H,16H2,1-2H3,(H,25,27). The number of halogens is 1. The summed E-state index contributed by atoms with van der Waals surface area (Å²) in [6.07, 6.45) is 0. The molecule has 0 spiro atoms. The minimum Gasteiger partial charge on any atom is -0.346 e. The molecule has 30 heavy (non-hydrogen) atoms. The molecule has 0 aliphatic heterocycles. The van der Waals surface area contributed by atoms with E-state index in [9.17, 15) is 17.6 Å². The molecule has 7 heteroatoms. The predicted octanol–water partition coefficient (Wildman–Crippen LogP) is 4.14. The molecule has 1 atom stereocenters. The molecule has 1 N–H and O–H groups in total. The highest BCUT2D eigenvalue weighted by molar-refractivity contribution is 7.89. The average Bonchev–Trinajstić information content (AvgIpc) is 2.75. The van der Waals surface area contributed by atoms with Crippen molar-refractivity contribution in [3.05, 3.63) is 101 Å². The number of carbonyl (C=O) groups excluding carboxylic acids is 1. The van der Waals surface area contributed by atoms with Crippen molar-refractivity contribution in [1.29, 1.82) is 0 Å². The molecule has 0 aromatic heterocycles. The lowest BCUT2D eigenvalue weighted by Gasteiger charge is -2.18. The van der Waals surface area contributed by atoms with Gasteiger partial charge in [-0.15, -0.1) is 0 Å². The third-order valence-electron chi connectivity index (χ3n) is 4.79. The SMILES string of the molecule is CC(NC(=O)c1ccc(CN(C)S(=O)(=O)c2ccccc2)cc1)c1ccc(F)cc1. The van der Waals surface area contributed by atoms with Gasteiger partial charge in [-0.2, -0.15) is 4.31 Å². The Balaban J connectivity index is 1.64. The largest absolute Gasteiger partial charge is 0.346 e. The van der Waals surface area contributed by atoms with Gasteiger partial charge >= 0.3 is 0 Å². The van der Waals surface area contributed by atoms with Gasteiger partial charge in [0.25, 0.3) is 5.91 Å². The molecule has 0 bridgehead atoms. The maximum Gasteiger partial charge on any atom is 0.251 e. The van der Waals surface area contributed by atoms with Crippen LogP contribution in [0.15, 0.2) is 83.8 Å². The number of benzene rings is 3. The molecular weight excluding hydrogens is 403 g/mol. The van der Waals surface area contributed by atoms with Crippen molar-refractivity contribution in [2.45, 2.75) is 24.4 Å². The summed E-state index contributed by atoms with van der Waals surface area (Å²) in [5.41, 5.74) is 2.02. The predicted molar refractivity (Wildman–Crippen MR) is 114 cm³/mol. The van der Waals surface area contributed by atoms with Crippen LogP contribution in [-0.2, 0) is 16.6 Å². The summed E-state index contributed by atoms with van der Waals surface area (Å²) < 4.78 is 39.6. The molecule has 0 aliphatic rings. The number of sulfonamides is 1. The lowest BCUT2D eigenvalue weighted by molar-refractivity contribution is 0.0940. The molecular formula is C23H23FN2O3S. The first kappa shape index (κ1) is 21.7. The molecule has 0 aliphatic carbocycles. The number of hydrogen-bond acceptors (Lipinski definition) is 3. The highest BCUT2D eigenvalue weighted by Crippen LogP contribution is 2.17. The monoisotopic (exact) mass is 426 g/mol. The van der Waals surface area contributed by atoms with Crippen LogP contribution in [0, 0.1) is 5.82 Å². The normalized spacial score (nSPS) is 12.5. The van der Waals surface area contributed by atoms with Crippen molar-refractivity contribution >= 4 is 15.9 Å². The molecule has 3 aromatic rings. The molecule has 1 amide bonds. The maximum atomic E-state index is 13.0. The van der Waals surface area contributed by atoms with Crippen LogP contribution in [0.2, 0.25) is 0 Å². The number of nitrogens with one attached hydrogen (secondary N) is 1. The molecule has 0 fully saturated rings. The van der Waals surface area contributed by atoms with Gasteiger partial charge < -0.3 is 5.32 Å². The molecule has 0 heterocycles. The smallest absolute Gasteiger partial charge is 0.251 e. The Kier molecular flexibility index (Phi) is 6.64. The van der Waals surface area contributed by atoms with Gasteiger partial charge in [-0.25, -0.2) is 12.8 Å². The first-order chi connectivity index (χ1) is 14.3. The van der Waals surface area contributed by atoms with E-state index in [0.717, 1.165) is 11.1 Å². The van der Waals surface area contributed by atoms with Gasteiger partial charge in [0, 0.05) is 19.2 Å². The summed E-state index contributed by atoms with van der Waals surface area (Å²) in [5, 5.41) is 2.87. The van der Waals surface area contributed by atoms with Crippen LogP contribution in [0.4, 0.5) is 4.39 Å². The fraction of sp³-hybridized carbons (Fsp3) is 0.174. The Morgan fingerprint density at radius 1 is 0.967 bits per heavy atom. The first-order valence-electron chi connectivity index (χ1n) is 9.44. The van der Waals surface area contributed by atoms with E-state index in [-0.39, 0.29) is 29.2 Å². The third-order valence-corrected chi connectivity index (χ3v) is 6.61. The van der Waals surface area contributed by atoms with Crippen LogP contribution >= 0.6 is 0 Å². The minimum atomic E-state index is -3.59. The molecule has 0 radical (unpaired) electrons. The van der Waals surface area contributed by atoms with Crippen molar-refractivity contribution in [1.82, 2.24) is 9.62 Å². The number of hydrogen-bond donors (Lipinski definition) is 1. The number of rotatable bonds is 7. The van der Waals surface area contributed by atoms with Crippen LogP contribution < -0.4 is 5.32 Å². The van der Waals surface area contributed by atoms with E-state index < -0.39 is 10.0 Å². The maximum absolute atomic E-state index is 13.0. The van der Waals surface area contributed by atoms with Crippen molar-refractivity contribution in [3.8, 4) is 0 Å². The minimum absolute atomic E-state index is 0.186. The highest BCUT2D eigenvalue weighted by atomic mass is 32.2. The second kappa shape index (κ2) is 9.19. The van der Waals surface area contributed by atoms with E-state index in [4.69, 9.17) is 0 Å². The molecule has 0 saturated heterocycles. The van der Waals surface area contributed by atoms with Gasteiger partial charge in [-0.3, -0.25) is 4.79 Å². The summed E-state index contributed by atoms with van der Waals surface area (Å²) in [6, 6.07) is 20.7. The van der Waals surface area contributed by atoms with Crippen molar-refractivity contribution in [3.63, 3.8) is 0 Å². The van der Waals surface area contributed by atoms with Crippen LogP contribution in [0.5, 0.6) is 0 Å². The van der Waals surface area contributed by atoms with Gasteiger partial charge in [0.05, 0.1) is 10.9 Å². The van der Waals surface area contributed by atoms with Gasteiger partial charge in [0.1, 0.15) is 5.82 Å². The number of amides is 1. The Hall–Kier alpha value is -3.03. The van der Waals surface area contributed by atoms with Crippen LogP contribution in [0.3, 0.4) is 0 Å². The lowest BCUT2D eigenvalue weighted by atomic mass is 10.1. The molecule has 5 nitrogen and oxygen atoms in total. The Morgan fingerprint density at radius 3 is 2.17 bits per heavy atom. The molecule has 0 saturated carbocycles. The first-order valence-corrected chi connectivity index (χ1v) is 10.9. The quantitative estimate of drug-likeness (QED) is 0.618. The molecule has 3 aromatic carbocycles. The molecule has 3 rings (SSSR count). The van der Waals surface area contributed by atoms with Gasteiger partial charge in [0.15, 0.2) is 0 Å². The van der Waals surface area contributed by atoms with E-state index in [1.54, 1.807) is 66.7 Å². The van der Waals surface area contributed by atoms with Gasteiger partial charge in [-0.1, -0.05) is 42.5 Å². The summed E-state index contributed by atoms with van der Waals surface area (Å²) in [4.78, 5) is 12.7. The fourth-order valence-corrected chi connectivity index (χ4v) is 4.17. The topological polar surface area (TPSA) is 66.5 Å². The Bertz CT molecular complexity index is 1100. The Morgan fingerprint density at radius 2 is 1.57 bits per heavy atom. The second-order valence-corrected chi connectivity index (χ2v) is 9.06. The van der Waals surface area contributed by atoms with E-state index in [0.29, 0.717) is 5.56 Å². The summed E-state index contributed by atoms with van der Waals surface area (Å²) in [7, 11) is -2.06. The number of carbonyl (C=O) groups is 1. The van der Waals surface area contributed by atoms with Crippen molar-refractivity contribution < 1.29 is 17.6 Å². The average molecular weight is 427 g/mol. The molecule has 156 valence electrons. The third kappa shape index (κ3) is 5.11. The summed E-state index contributed by atoms with van der Waals surface area (Å²) >= 11 is 0. The fourth-order valence-electron chi connectivity index (χ4n) is 2.99. The molecule has 1 unspecified atom stereocenters. The summed E-state index contributed by atoms with van der Waals surface area (Å²) in [5.74, 6) is -0.587.